The Labute approximate surface area is 162 Å². The van der Waals surface area contributed by atoms with Crippen LogP contribution in [0.2, 0.25) is 0 Å². The Morgan fingerprint density at radius 3 is 2.38 bits per heavy atom. The highest BCUT2D eigenvalue weighted by atomic mass is 35.5. The number of benzene rings is 2. The number of anilines is 1. The molecule has 2 atom stereocenters. The summed E-state index contributed by atoms with van der Waals surface area (Å²) in [6, 6.07) is 18.5. The fourth-order valence-corrected chi connectivity index (χ4v) is 3.45. The number of carbonyl (C=O) groups excluding carboxylic acids is 1. The molecule has 1 fully saturated rings. The van der Waals surface area contributed by atoms with Gasteiger partial charge in [-0.3, -0.25) is 9.69 Å². The molecule has 3 rings (SSSR count). The lowest BCUT2D eigenvalue weighted by Gasteiger charge is -2.16. The van der Waals surface area contributed by atoms with Crippen LogP contribution < -0.4 is 11.1 Å². The van der Waals surface area contributed by atoms with E-state index in [2.05, 4.69) is 48.3 Å². The monoisotopic (exact) mass is 373 g/mol. The smallest absolute Gasteiger partial charge is 0.238 e. The molecular formula is C21H28ClN3O. The van der Waals surface area contributed by atoms with Crippen molar-refractivity contribution in [3.8, 4) is 0 Å². The third kappa shape index (κ3) is 5.07. The van der Waals surface area contributed by atoms with Crippen molar-refractivity contribution in [2.45, 2.75) is 31.7 Å². The van der Waals surface area contributed by atoms with Gasteiger partial charge in [0.1, 0.15) is 0 Å². The Hall–Kier alpha value is -1.88. The zero-order valence-corrected chi connectivity index (χ0v) is 16.2. The molecular weight excluding hydrogens is 346 g/mol. The lowest BCUT2D eigenvalue weighted by molar-refractivity contribution is -0.117. The highest BCUT2D eigenvalue weighted by Gasteiger charge is 2.31. The van der Waals surface area contributed by atoms with Crippen LogP contribution in [0.5, 0.6) is 0 Å². The minimum Gasteiger partial charge on any atom is -0.326 e. The Balaban J connectivity index is 0.00000243. The highest BCUT2D eigenvalue weighted by Crippen LogP contribution is 2.26. The van der Waals surface area contributed by atoms with Gasteiger partial charge in [0, 0.05) is 30.7 Å². The molecule has 0 aromatic heterocycles. The standard InChI is InChI=1S/C21H27N3O.ClH/c1-15(2)16-8-10-18(11-9-16)23-21(25)14-24-12-19(20(22)13-24)17-6-4-3-5-7-17;/h3-11,15,19-20H,12-14,22H2,1-2H3,(H,23,25);1H/t19-,20+;/m0./s1. The molecule has 1 amide bonds. The summed E-state index contributed by atoms with van der Waals surface area (Å²) in [7, 11) is 0. The summed E-state index contributed by atoms with van der Waals surface area (Å²) < 4.78 is 0. The zero-order valence-electron chi connectivity index (χ0n) is 15.4. The number of carbonyl (C=O) groups is 1. The molecule has 1 heterocycles. The van der Waals surface area contributed by atoms with Crippen molar-refractivity contribution < 1.29 is 4.79 Å². The summed E-state index contributed by atoms with van der Waals surface area (Å²) in [5.74, 6) is 0.795. The summed E-state index contributed by atoms with van der Waals surface area (Å²) in [5, 5.41) is 2.98. The van der Waals surface area contributed by atoms with Crippen LogP contribution in [0.3, 0.4) is 0 Å². The Morgan fingerprint density at radius 2 is 1.77 bits per heavy atom. The van der Waals surface area contributed by atoms with Crippen molar-refractivity contribution in [3.63, 3.8) is 0 Å². The molecule has 0 aliphatic carbocycles. The molecule has 5 heteroatoms. The van der Waals surface area contributed by atoms with E-state index in [9.17, 15) is 4.79 Å². The van der Waals surface area contributed by atoms with Crippen LogP contribution in [-0.2, 0) is 4.79 Å². The molecule has 0 unspecified atom stereocenters. The fourth-order valence-electron chi connectivity index (χ4n) is 3.45. The molecule has 0 saturated carbocycles. The minimum absolute atomic E-state index is 0. The number of halogens is 1. The lowest BCUT2D eigenvalue weighted by Crippen LogP contribution is -2.33. The largest absolute Gasteiger partial charge is 0.326 e. The molecule has 0 radical (unpaired) electrons. The second kappa shape index (κ2) is 9.17. The first kappa shape index (κ1) is 20.4. The summed E-state index contributed by atoms with van der Waals surface area (Å²) >= 11 is 0. The predicted molar refractivity (Wildman–Crippen MR) is 110 cm³/mol. The molecule has 0 spiro atoms. The van der Waals surface area contributed by atoms with Crippen molar-refractivity contribution in [2.24, 2.45) is 5.73 Å². The highest BCUT2D eigenvalue weighted by molar-refractivity contribution is 5.92. The van der Waals surface area contributed by atoms with E-state index in [1.807, 2.05) is 30.3 Å². The molecule has 0 bridgehead atoms. The number of likely N-dealkylation sites (tertiary alicyclic amines) is 1. The van der Waals surface area contributed by atoms with Crippen LogP contribution in [0.15, 0.2) is 54.6 Å². The number of nitrogens with two attached hydrogens (primary N) is 1. The first-order valence-electron chi connectivity index (χ1n) is 8.95. The molecule has 1 aliphatic rings. The SMILES string of the molecule is CC(C)c1ccc(NC(=O)CN2C[C@@H](N)[C@H](c3ccccc3)C2)cc1.Cl. The summed E-state index contributed by atoms with van der Waals surface area (Å²) in [4.78, 5) is 14.5. The van der Waals surface area contributed by atoms with Gasteiger partial charge in [0.15, 0.2) is 0 Å². The van der Waals surface area contributed by atoms with Gasteiger partial charge in [-0.25, -0.2) is 0 Å². The van der Waals surface area contributed by atoms with Gasteiger partial charge in [-0.1, -0.05) is 56.3 Å². The average Bonchev–Trinajstić information content (AvgIpc) is 2.96. The number of nitrogens with zero attached hydrogens (tertiary/aromatic N) is 1. The van der Waals surface area contributed by atoms with E-state index < -0.39 is 0 Å². The maximum absolute atomic E-state index is 12.3. The van der Waals surface area contributed by atoms with Crippen LogP contribution in [-0.4, -0.2) is 36.5 Å². The van der Waals surface area contributed by atoms with E-state index in [1.165, 1.54) is 11.1 Å². The quantitative estimate of drug-likeness (QED) is 0.841. The molecule has 26 heavy (non-hydrogen) atoms. The van der Waals surface area contributed by atoms with E-state index in [1.54, 1.807) is 0 Å². The van der Waals surface area contributed by atoms with Crippen molar-refractivity contribution in [1.82, 2.24) is 4.90 Å². The lowest BCUT2D eigenvalue weighted by atomic mass is 9.95. The Kier molecular flexibility index (Phi) is 7.21. The molecule has 2 aromatic rings. The third-order valence-electron chi connectivity index (χ3n) is 4.90. The van der Waals surface area contributed by atoms with E-state index in [-0.39, 0.29) is 24.4 Å². The van der Waals surface area contributed by atoms with Crippen LogP contribution in [0.25, 0.3) is 0 Å². The van der Waals surface area contributed by atoms with E-state index in [0.29, 0.717) is 18.4 Å². The number of hydrogen-bond donors (Lipinski definition) is 2. The molecule has 3 N–H and O–H groups in total. The van der Waals surface area contributed by atoms with Gasteiger partial charge in [-0.05, 0) is 29.2 Å². The zero-order chi connectivity index (χ0) is 17.8. The molecule has 4 nitrogen and oxygen atoms in total. The second-order valence-corrected chi connectivity index (χ2v) is 7.20. The van der Waals surface area contributed by atoms with Gasteiger partial charge in [-0.2, -0.15) is 0 Å². The number of nitrogens with one attached hydrogen (secondary N) is 1. The summed E-state index contributed by atoms with van der Waals surface area (Å²) in [6.45, 7) is 6.27. The topological polar surface area (TPSA) is 58.4 Å². The maximum Gasteiger partial charge on any atom is 0.238 e. The van der Waals surface area contributed by atoms with Crippen LogP contribution in [0.4, 0.5) is 5.69 Å². The molecule has 1 saturated heterocycles. The Bertz CT molecular complexity index is 703. The average molecular weight is 374 g/mol. The van der Waals surface area contributed by atoms with Gasteiger partial charge in [-0.15, -0.1) is 12.4 Å². The predicted octanol–water partition coefficient (Wildman–Crippen LogP) is 3.60. The van der Waals surface area contributed by atoms with Gasteiger partial charge in [0.2, 0.25) is 5.91 Å². The molecule has 140 valence electrons. The minimum atomic E-state index is 0. The number of rotatable bonds is 5. The number of amides is 1. The van der Waals surface area contributed by atoms with Crippen LogP contribution >= 0.6 is 12.4 Å². The normalized spacial score (nSPS) is 20.0. The van der Waals surface area contributed by atoms with Crippen molar-refractivity contribution in [3.05, 3.63) is 65.7 Å². The van der Waals surface area contributed by atoms with E-state index in [0.717, 1.165) is 18.8 Å². The van der Waals surface area contributed by atoms with Gasteiger partial charge >= 0.3 is 0 Å². The third-order valence-corrected chi connectivity index (χ3v) is 4.90. The fraction of sp³-hybridized carbons (Fsp3) is 0.381. The summed E-state index contributed by atoms with van der Waals surface area (Å²) in [5.41, 5.74) is 9.67. The van der Waals surface area contributed by atoms with Gasteiger partial charge in [0.25, 0.3) is 0 Å². The van der Waals surface area contributed by atoms with E-state index >= 15 is 0 Å². The Morgan fingerprint density at radius 1 is 1.12 bits per heavy atom. The van der Waals surface area contributed by atoms with Crippen LogP contribution in [0, 0.1) is 0 Å². The first-order valence-corrected chi connectivity index (χ1v) is 8.95. The maximum atomic E-state index is 12.3. The van der Waals surface area contributed by atoms with Crippen molar-refractivity contribution >= 4 is 24.0 Å². The molecule has 1 aliphatic heterocycles. The number of hydrogen-bond acceptors (Lipinski definition) is 3. The molecule has 2 aromatic carbocycles. The van der Waals surface area contributed by atoms with Gasteiger partial charge in [0.05, 0.1) is 6.54 Å². The first-order chi connectivity index (χ1) is 12.0. The second-order valence-electron chi connectivity index (χ2n) is 7.20. The van der Waals surface area contributed by atoms with Crippen LogP contribution in [0.1, 0.15) is 36.8 Å². The van der Waals surface area contributed by atoms with Crippen molar-refractivity contribution in [1.29, 1.82) is 0 Å². The van der Waals surface area contributed by atoms with Gasteiger partial charge < -0.3 is 11.1 Å². The van der Waals surface area contributed by atoms with E-state index in [4.69, 9.17) is 5.73 Å². The summed E-state index contributed by atoms with van der Waals surface area (Å²) in [6.07, 6.45) is 0. The van der Waals surface area contributed by atoms with Crippen molar-refractivity contribution in [2.75, 3.05) is 25.0 Å².